The minimum absolute atomic E-state index is 0.00312. The summed E-state index contributed by atoms with van der Waals surface area (Å²) in [6, 6.07) is 0. The highest BCUT2D eigenvalue weighted by molar-refractivity contribution is 5.84. The Morgan fingerprint density at radius 1 is 1.26 bits per heavy atom. The Labute approximate surface area is 139 Å². The van der Waals surface area contributed by atoms with Gasteiger partial charge in [0.1, 0.15) is 5.78 Å². The van der Waals surface area contributed by atoms with Gasteiger partial charge in [-0.2, -0.15) is 0 Å². The first-order valence-corrected chi connectivity index (χ1v) is 9.00. The van der Waals surface area contributed by atoms with Crippen LogP contribution in [0.1, 0.15) is 71.6 Å². The number of Topliss-reactive ketones (excluding diaryl/α,β-unsaturated/α-hetero) is 1. The highest BCUT2D eigenvalue weighted by Gasteiger charge is 2.40. The van der Waals surface area contributed by atoms with Crippen molar-refractivity contribution in [3.05, 3.63) is 0 Å². The number of hydrogen-bond acceptors (Lipinski definition) is 5. The average molecular weight is 328 g/mol. The Bertz CT molecular complexity index is 366. The van der Waals surface area contributed by atoms with Crippen LogP contribution in [0.4, 0.5) is 0 Å². The van der Waals surface area contributed by atoms with Gasteiger partial charge in [-0.25, -0.2) is 0 Å². The predicted octanol–water partition coefficient (Wildman–Crippen LogP) is 2.62. The number of hydrogen-bond donors (Lipinski definition) is 2. The fourth-order valence-electron chi connectivity index (χ4n) is 3.44. The monoisotopic (exact) mass is 328 g/mol. The van der Waals surface area contributed by atoms with E-state index in [1.807, 2.05) is 0 Å². The molecule has 5 heteroatoms. The third-order valence-corrected chi connectivity index (χ3v) is 4.70. The molecule has 0 aromatic heterocycles. The van der Waals surface area contributed by atoms with E-state index in [4.69, 9.17) is 4.74 Å². The molecule has 2 N–H and O–H groups in total. The van der Waals surface area contributed by atoms with Gasteiger partial charge >= 0.3 is 5.97 Å². The van der Waals surface area contributed by atoms with Gasteiger partial charge in [-0.05, 0) is 45.4 Å². The molecule has 23 heavy (non-hydrogen) atoms. The van der Waals surface area contributed by atoms with E-state index in [0.717, 1.165) is 32.1 Å². The van der Waals surface area contributed by atoms with Crippen LogP contribution in [0.2, 0.25) is 0 Å². The van der Waals surface area contributed by atoms with Gasteiger partial charge < -0.3 is 14.9 Å². The molecule has 1 aliphatic carbocycles. The second-order valence-electron chi connectivity index (χ2n) is 6.69. The van der Waals surface area contributed by atoms with Crippen molar-refractivity contribution in [2.75, 3.05) is 6.61 Å². The highest BCUT2D eigenvalue weighted by Crippen LogP contribution is 2.36. The molecule has 0 radical (unpaired) electrons. The third-order valence-electron chi connectivity index (χ3n) is 4.70. The summed E-state index contributed by atoms with van der Waals surface area (Å²) < 4.78 is 4.88. The van der Waals surface area contributed by atoms with Gasteiger partial charge in [0.25, 0.3) is 0 Å². The molecule has 1 fully saturated rings. The first kappa shape index (κ1) is 20.1. The number of ketones is 1. The SMILES string of the molecule is CCOC(=O)CCCCCC[C@@H]1C(=O)C[C@@H](O)[C@@H]1CCC(C)O. The van der Waals surface area contributed by atoms with Crippen LogP contribution in [0.15, 0.2) is 0 Å². The quantitative estimate of drug-likeness (QED) is 0.450. The second-order valence-corrected chi connectivity index (χ2v) is 6.69. The van der Waals surface area contributed by atoms with Crippen LogP contribution >= 0.6 is 0 Å². The summed E-state index contributed by atoms with van der Waals surface area (Å²) >= 11 is 0. The lowest BCUT2D eigenvalue weighted by Crippen LogP contribution is -2.22. The Hall–Kier alpha value is -0.940. The molecule has 5 nitrogen and oxygen atoms in total. The number of unbranched alkanes of at least 4 members (excludes halogenated alkanes) is 3. The first-order chi connectivity index (χ1) is 11.0. The lowest BCUT2D eigenvalue weighted by Gasteiger charge is -2.21. The summed E-state index contributed by atoms with van der Waals surface area (Å²) in [6.45, 7) is 3.97. The molecule has 1 unspecified atom stereocenters. The zero-order chi connectivity index (χ0) is 17.2. The summed E-state index contributed by atoms with van der Waals surface area (Å²) in [6.07, 6.45) is 5.65. The van der Waals surface area contributed by atoms with Gasteiger partial charge in [-0.1, -0.05) is 19.3 Å². The van der Waals surface area contributed by atoms with Gasteiger partial charge in [-0.15, -0.1) is 0 Å². The number of aliphatic hydroxyl groups is 2. The van der Waals surface area contributed by atoms with E-state index in [0.29, 0.717) is 25.9 Å². The summed E-state index contributed by atoms with van der Waals surface area (Å²) in [4.78, 5) is 23.3. The first-order valence-electron chi connectivity index (χ1n) is 9.00. The molecule has 0 aromatic carbocycles. The van der Waals surface area contributed by atoms with Crippen molar-refractivity contribution in [1.82, 2.24) is 0 Å². The molecule has 0 saturated heterocycles. The number of aliphatic hydroxyl groups excluding tert-OH is 2. The smallest absolute Gasteiger partial charge is 0.305 e. The van der Waals surface area contributed by atoms with Crippen LogP contribution in [0.25, 0.3) is 0 Å². The molecule has 4 atom stereocenters. The minimum atomic E-state index is -0.546. The van der Waals surface area contributed by atoms with E-state index >= 15 is 0 Å². The zero-order valence-electron chi connectivity index (χ0n) is 14.5. The van der Waals surface area contributed by atoms with Crippen molar-refractivity contribution < 1.29 is 24.5 Å². The van der Waals surface area contributed by atoms with E-state index in [1.54, 1.807) is 13.8 Å². The molecule has 0 heterocycles. The Kier molecular flexibility index (Phi) is 9.41. The topological polar surface area (TPSA) is 83.8 Å². The van der Waals surface area contributed by atoms with Crippen LogP contribution < -0.4 is 0 Å². The Morgan fingerprint density at radius 2 is 1.96 bits per heavy atom. The van der Waals surface area contributed by atoms with E-state index in [-0.39, 0.29) is 36.1 Å². The molecule has 0 aromatic rings. The fourth-order valence-corrected chi connectivity index (χ4v) is 3.44. The molecule has 134 valence electrons. The van der Waals surface area contributed by atoms with Gasteiger partial charge in [0.05, 0.1) is 18.8 Å². The Morgan fingerprint density at radius 3 is 2.61 bits per heavy atom. The van der Waals surface area contributed by atoms with Gasteiger partial charge in [-0.3, -0.25) is 9.59 Å². The van der Waals surface area contributed by atoms with Crippen molar-refractivity contribution >= 4 is 11.8 Å². The molecule has 0 bridgehead atoms. The van der Waals surface area contributed by atoms with Crippen molar-refractivity contribution in [1.29, 1.82) is 0 Å². The maximum atomic E-state index is 12.0. The van der Waals surface area contributed by atoms with Gasteiger partial charge in [0.15, 0.2) is 0 Å². The largest absolute Gasteiger partial charge is 0.466 e. The number of esters is 1. The molecule has 0 spiro atoms. The second kappa shape index (κ2) is 10.8. The normalized spacial score (nSPS) is 25.6. The maximum absolute atomic E-state index is 12.0. The standard InChI is InChI=1S/C18H32O5/c1-3-23-18(22)9-7-5-4-6-8-14-15(11-10-13(2)19)17(21)12-16(14)20/h13-15,17,19,21H,3-12H2,1-2H3/t13?,14-,15+,17+/m0/s1. The van der Waals surface area contributed by atoms with Crippen molar-refractivity contribution in [3.63, 3.8) is 0 Å². The fraction of sp³-hybridized carbons (Fsp3) is 0.889. The number of rotatable bonds is 11. The molecule has 1 saturated carbocycles. The van der Waals surface area contributed by atoms with Crippen LogP contribution in [-0.2, 0) is 14.3 Å². The number of ether oxygens (including phenoxy) is 1. The van der Waals surface area contributed by atoms with Crippen molar-refractivity contribution in [3.8, 4) is 0 Å². The van der Waals surface area contributed by atoms with Crippen molar-refractivity contribution in [2.24, 2.45) is 11.8 Å². The van der Waals surface area contributed by atoms with Crippen LogP contribution in [0, 0.1) is 11.8 Å². The predicted molar refractivity (Wildman–Crippen MR) is 87.9 cm³/mol. The van der Waals surface area contributed by atoms with Crippen molar-refractivity contribution in [2.45, 2.75) is 83.8 Å². The van der Waals surface area contributed by atoms with Crippen LogP contribution in [0.5, 0.6) is 0 Å². The molecular formula is C18H32O5. The van der Waals surface area contributed by atoms with E-state index in [2.05, 4.69) is 0 Å². The van der Waals surface area contributed by atoms with Gasteiger partial charge in [0, 0.05) is 18.8 Å². The van der Waals surface area contributed by atoms with Crippen LogP contribution in [0.3, 0.4) is 0 Å². The summed E-state index contributed by atoms with van der Waals surface area (Å²) in [5, 5.41) is 19.4. The number of carbonyl (C=O) groups excluding carboxylic acids is 2. The molecule has 1 aliphatic rings. The Balaban J connectivity index is 2.23. The molecule has 0 aliphatic heterocycles. The molecular weight excluding hydrogens is 296 g/mol. The summed E-state index contributed by atoms with van der Waals surface area (Å²) in [5.41, 5.74) is 0. The van der Waals surface area contributed by atoms with Crippen LogP contribution in [-0.4, -0.2) is 40.8 Å². The van der Waals surface area contributed by atoms with Gasteiger partial charge in [0.2, 0.25) is 0 Å². The summed E-state index contributed by atoms with van der Waals surface area (Å²) in [7, 11) is 0. The van der Waals surface area contributed by atoms with E-state index in [9.17, 15) is 19.8 Å². The lowest BCUT2D eigenvalue weighted by molar-refractivity contribution is -0.143. The maximum Gasteiger partial charge on any atom is 0.305 e. The third kappa shape index (κ3) is 7.44. The molecule has 0 amide bonds. The minimum Gasteiger partial charge on any atom is -0.466 e. The van der Waals surface area contributed by atoms with E-state index < -0.39 is 6.10 Å². The zero-order valence-corrected chi connectivity index (χ0v) is 14.5. The molecule has 1 rings (SSSR count). The lowest BCUT2D eigenvalue weighted by atomic mass is 9.85. The highest BCUT2D eigenvalue weighted by atomic mass is 16.5. The summed E-state index contributed by atoms with van der Waals surface area (Å²) in [5.74, 6) is -0.0372. The number of carbonyl (C=O) groups is 2. The average Bonchev–Trinajstić information content (AvgIpc) is 2.74. The van der Waals surface area contributed by atoms with E-state index in [1.165, 1.54) is 0 Å².